The van der Waals surface area contributed by atoms with Gasteiger partial charge in [0.1, 0.15) is 11.3 Å². The summed E-state index contributed by atoms with van der Waals surface area (Å²) < 4.78 is 5.20. The van der Waals surface area contributed by atoms with Gasteiger partial charge in [-0.3, -0.25) is 0 Å². The molecule has 1 heterocycles. The second-order valence-electron chi connectivity index (χ2n) is 3.91. The van der Waals surface area contributed by atoms with Crippen molar-refractivity contribution in [2.75, 3.05) is 5.73 Å². The summed E-state index contributed by atoms with van der Waals surface area (Å²) in [5, 5.41) is 0.873. The summed E-state index contributed by atoms with van der Waals surface area (Å²) in [7, 11) is 0. The Bertz CT molecular complexity index is 555. The number of fused-ring (bicyclic) bond motifs is 1. The van der Waals surface area contributed by atoms with E-state index in [1.54, 1.807) is 6.07 Å². The molecule has 78 valence electrons. The highest BCUT2D eigenvalue weighted by molar-refractivity contribution is 5.82. The van der Waals surface area contributed by atoms with E-state index in [0.29, 0.717) is 11.5 Å². The number of rotatable bonds is 1. The van der Waals surface area contributed by atoms with Gasteiger partial charge in [-0.05, 0) is 17.5 Å². The molecule has 1 aromatic heterocycles. The van der Waals surface area contributed by atoms with Gasteiger partial charge in [0, 0.05) is 5.39 Å². The molecule has 2 rings (SSSR count). The lowest BCUT2D eigenvalue weighted by atomic mass is 10.0. The van der Waals surface area contributed by atoms with Gasteiger partial charge in [0.2, 0.25) is 0 Å². The largest absolute Gasteiger partial charge is 0.421 e. The van der Waals surface area contributed by atoms with Crippen LogP contribution >= 0.6 is 0 Å². The molecule has 0 aliphatic rings. The second-order valence-corrected chi connectivity index (χ2v) is 3.91. The number of hydrogen-bond donors (Lipinski definition) is 1. The molecule has 0 aliphatic carbocycles. The van der Waals surface area contributed by atoms with Gasteiger partial charge in [-0.2, -0.15) is 0 Å². The first kappa shape index (κ1) is 9.77. The molecular formula is C12H13NO2. The third-order valence-electron chi connectivity index (χ3n) is 2.44. The molecule has 1 aromatic carbocycles. The fourth-order valence-electron chi connectivity index (χ4n) is 1.64. The number of anilines is 1. The van der Waals surface area contributed by atoms with E-state index >= 15 is 0 Å². The van der Waals surface area contributed by atoms with Gasteiger partial charge in [0.25, 0.3) is 0 Å². The maximum atomic E-state index is 11.3. The zero-order chi connectivity index (χ0) is 11.0. The van der Waals surface area contributed by atoms with E-state index in [0.717, 1.165) is 10.9 Å². The highest BCUT2D eigenvalue weighted by Gasteiger charge is 2.08. The van der Waals surface area contributed by atoms with Gasteiger partial charge in [0.05, 0.1) is 0 Å². The summed E-state index contributed by atoms with van der Waals surface area (Å²) in [5.41, 5.74) is 6.88. The van der Waals surface area contributed by atoms with Crippen LogP contribution in [0.3, 0.4) is 0 Å². The predicted octanol–water partition coefficient (Wildman–Crippen LogP) is 2.50. The number of nitrogens with two attached hydrogens (primary N) is 1. The average Bonchev–Trinajstić information content (AvgIpc) is 2.18. The Labute approximate surface area is 87.5 Å². The van der Waals surface area contributed by atoms with Gasteiger partial charge in [-0.25, -0.2) is 4.79 Å². The SMILES string of the molecule is CC(C)c1cccc2cc(N)c(=O)oc12. The fourth-order valence-corrected chi connectivity index (χ4v) is 1.64. The Balaban J connectivity index is 2.86. The summed E-state index contributed by atoms with van der Waals surface area (Å²) in [5.74, 6) is 0.320. The fraction of sp³-hybridized carbons (Fsp3) is 0.250. The molecule has 0 saturated carbocycles. The quantitative estimate of drug-likeness (QED) is 0.724. The van der Waals surface area contributed by atoms with Crippen molar-refractivity contribution in [3.63, 3.8) is 0 Å². The second kappa shape index (κ2) is 3.42. The zero-order valence-corrected chi connectivity index (χ0v) is 8.78. The molecule has 0 unspecified atom stereocenters. The monoisotopic (exact) mass is 203 g/mol. The summed E-state index contributed by atoms with van der Waals surface area (Å²) in [6.07, 6.45) is 0. The van der Waals surface area contributed by atoms with Crippen molar-refractivity contribution in [3.05, 3.63) is 40.2 Å². The van der Waals surface area contributed by atoms with Gasteiger partial charge in [-0.1, -0.05) is 32.0 Å². The lowest BCUT2D eigenvalue weighted by molar-refractivity contribution is 0.557. The lowest BCUT2D eigenvalue weighted by Gasteiger charge is -2.07. The Morgan fingerprint density at radius 3 is 2.73 bits per heavy atom. The molecule has 2 N–H and O–H groups in total. The Hall–Kier alpha value is -1.77. The molecule has 3 heteroatoms. The van der Waals surface area contributed by atoms with Gasteiger partial charge in [-0.15, -0.1) is 0 Å². The first-order chi connectivity index (χ1) is 7.09. The third-order valence-corrected chi connectivity index (χ3v) is 2.44. The smallest absolute Gasteiger partial charge is 0.359 e. The van der Waals surface area contributed by atoms with E-state index in [1.807, 2.05) is 18.2 Å². The lowest BCUT2D eigenvalue weighted by Crippen LogP contribution is -2.06. The number of hydrogen-bond acceptors (Lipinski definition) is 3. The van der Waals surface area contributed by atoms with E-state index in [9.17, 15) is 4.79 Å². The van der Waals surface area contributed by atoms with Crippen LogP contribution in [0, 0.1) is 0 Å². The first-order valence-corrected chi connectivity index (χ1v) is 4.92. The topological polar surface area (TPSA) is 56.2 Å². The van der Waals surface area contributed by atoms with Crippen LogP contribution in [0.4, 0.5) is 5.69 Å². The molecule has 0 fully saturated rings. The van der Waals surface area contributed by atoms with E-state index in [1.165, 1.54) is 0 Å². The van der Waals surface area contributed by atoms with E-state index < -0.39 is 5.63 Å². The van der Waals surface area contributed by atoms with Crippen LogP contribution in [0.25, 0.3) is 11.0 Å². The maximum absolute atomic E-state index is 11.3. The van der Waals surface area contributed by atoms with Crippen LogP contribution in [-0.2, 0) is 0 Å². The molecule has 2 aromatic rings. The van der Waals surface area contributed by atoms with Gasteiger partial charge in [0.15, 0.2) is 0 Å². The Kier molecular flexibility index (Phi) is 2.23. The van der Waals surface area contributed by atoms with Crippen molar-refractivity contribution in [1.29, 1.82) is 0 Å². The Morgan fingerprint density at radius 1 is 1.33 bits per heavy atom. The van der Waals surface area contributed by atoms with Crippen molar-refractivity contribution in [2.45, 2.75) is 19.8 Å². The van der Waals surface area contributed by atoms with Crippen molar-refractivity contribution in [3.8, 4) is 0 Å². The molecular weight excluding hydrogens is 190 g/mol. The van der Waals surface area contributed by atoms with Crippen LogP contribution < -0.4 is 11.4 Å². The molecule has 0 radical (unpaired) electrons. The van der Waals surface area contributed by atoms with Crippen molar-refractivity contribution in [1.82, 2.24) is 0 Å². The molecule has 0 spiro atoms. The zero-order valence-electron chi connectivity index (χ0n) is 8.78. The highest BCUT2D eigenvalue weighted by atomic mass is 16.4. The summed E-state index contributed by atoms with van der Waals surface area (Å²) >= 11 is 0. The molecule has 3 nitrogen and oxygen atoms in total. The number of nitrogen functional groups attached to an aromatic ring is 1. The van der Waals surface area contributed by atoms with Crippen LogP contribution in [-0.4, -0.2) is 0 Å². The molecule has 0 atom stereocenters. The maximum Gasteiger partial charge on any atom is 0.359 e. The van der Waals surface area contributed by atoms with Crippen LogP contribution in [0.5, 0.6) is 0 Å². The molecule has 0 aliphatic heterocycles. The molecule has 0 amide bonds. The minimum absolute atomic E-state index is 0.156. The minimum Gasteiger partial charge on any atom is -0.421 e. The predicted molar refractivity (Wildman–Crippen MR) is 61.0 cm³/mol. The van der Waals surface area contributed by atoms with Crippen molar-refractivity contribution in [2.24, 2.45) is 0 Å². The highest BCUT2D eigenvalue weighted by Crippen LogP contribution is 2.24. The van der Waals surface area contributed by atoms with E-state index in [-0.39, 0.29) is 5.69 Å². The van der Waals surface area contributed by atoms with Crippen LogP contribution in [0.2, 0.25) is 0 Å². The van der Waals surface area contributed by atoms with Crippen LogP contribution in [0.1, 0.15) is 25.3 Å². The van der Waals surface area contributed by atoms with Gasteiger partial charge < -0.3 is 10.2 Å². The van der Waals surface area contributed by atoms with E-state index in [4.69, 9.17) is 10.2 Å². The summed E-state index contributed by atoms with van der Waals surface area (Å²) in [6.45, 7) is 4.12. The summed E-state index contributed by atoms with van der Waals surface area (Å²) in [4.78, 5) is 11.3. The van der Waals surface area contributed by atoms with Crippen LogP contribution in [0.15, 0.2) is 33.5 Å². The van der Waals surface area contributed by atoms with Crippen molar-refractivity contribution < 1.29 is 4.42 Å². The molecule has 0 bridgehead atoms. The van der Waals surface area contributed by atoms with Crippen molar-refractivity contribution >= 4 is 16.7 Å². The van der Waals surface area contributed by atoms with Gasteiger partial charge >= 0.3 is 5.63 Å². The third kappa shape index (κ3) is 1.61. The molecule has 15 heavy (non-hydrogen) atoms. The summed E-state index contributed by atoms with van der Waals surface area (Å²) in [6, 6.07) is 7.46. The van der Waals surface area contributed by atoms with E-state index in [2.05, 4.69) is 13.8 Å². The number of benzene rings is 1. The molecule has 0 saturated heterocycles. The standard InChI is InChI=1S/C12H13NO2/c1-7(2)9-5-3-4-8-6-10(13)12(14)15-11(8)9/h3-7H,13H2,1-2H3. The first-order valence-electron chi connectivity index (χ1n) is 4.92. The normalized spacial score (nSPS) is 11.1. The minimum atomic E-state index is -0.462. The number of para-hydroxylation sites is 1. The Morgan fingerprint density at radius 2 is 2.07 bits per heavy atom. The average molecular weight is 203 g/mol.